The van der Waals surface area contributed by atoms with E-state index < -0.39 is 0 Å². The van der Waals surface area contributed by atoms with Gasteiger partial charge in [-0.2, -0.15) is 0 Å². The van der Waals surface area contributed by atoms with Crippen LogP contribution in [0.3, 0.4) is 0 Å². The fourth-order valence-corrected chi connectivity index (χ4v) is 1.40. The van der Waals surface area contributed by atoms with E-state index in [1.807, 2.05) is 0 Å². The van der Waals surface area contributed by atoms with Crippen molar-refractivity contribution in [2.45, 2.75) is 0 Å². The highest BCUT2D eigenvalue weighted by Gasteiger charge is 2.04. The Balaban J connectivity index is 1.98. The summed E-state index contributed by atoms with van der Waals surface area (Å²) in [6, 6.07) is 12.3. The van der Waals surface area contributed by atoms with Crippen molar-refractivity contribution in [3.05, 3.63) is 59.9 Å². The number of carbonyl (C=O) groups is 1. The van der Waals surface area contributed by atoms with Crippen LogP contribution in [0.5, 0.6) is 0 Å². The van der Waals surface area contributed by atoms with Gasteiger partial charge in [0.2, 0.25) is 0 Å². The Bertz CT molecular complexity index is 554. The van der Waals surface area contributed by atoms with E-state index in [4.69, 9.17) is 5.73 Å². The molecule has 2 rings (SSSR count). The Morgan fingerprint density at radius 3 is 2.50 bits per heavy atom. The fraction of sp³-hybridized carbons (Fsp3) is 0. The maximum atomic E-state index is 12.9. The normalized spacial score (nSPS) is 9.83. The standard InChI is InChI=1S/C13H12FN3O/c14-10-2-1-3-12(8-10)16-17-13(18)9-4-6-11(15)7-5-9/h1-8,16H,15H2,(H,17,18). The SMILES string of the molecule is Nc1ccc(C(=O)NNc2cccc(F)c2)cc1. The molecule has 0 spiro atoms. The number of nitrogen functional groups attached to an aromatic ring is 1. The largest absolute Gasteiger partial charge is 0.399 e. The van der Waals surface area contributed by atoms with Gasteiger partial charge in [-0.1, -0.05) is 6.07 Å². The van der Waals surface area contributed by atoms with Crippen LogP contribution < -0.4 is 16.6 Å². The quantitative estimate of drug-likeness (QED) is 0.573. The number of hydrogen-bond donors (Lipinski definition) is 3. The molecule has 18 heavy (non-hydrogen) atoms. The zero-order chi connectivity index (χ0) is 13.0. The van der Waals surface area contributed by atoms with E-state index in [0.717, 1.165) is 0 Å². The molecule has 0 aliphatic rings. The lowest BCUT2D eigenvalue weighted by Crippen LogP contribution is -2.29. The molecule has 4 N–H and O–H groups in total. The van der Waals surface area contributed by atoms with Crippen LogP contribution in [0.25, 0.3) is 0 Å². The lowest BCUT2D eigenvalue weighted by molar-refractivity contribution is 0.0962. The van der Waals surface area contributed by atoms with Crippen LogP contribution in [0.2, 0.25) is 0 Å². The Morgan fingerprint density at radius 2 is 1.83 bits per heavy atom. The topological polar surface area (TPSA) is 67.2 Å². The maximum absolute atomic E-state index is 12.9. The van der Waals surface area contributed by atoms with Crippen molar-refractivity contribution in [2.24, 2.45) is 0 Å². The number of rotatable bonds is 3. The summed E-state index contributed by atoms with van der Waals surface area (Å²) in [5, 5.41) is 0. The molecule has 0 aliphatic heterocycles. The number of carbonyl (C=O) groups excluding carboxylic acids is 1. The minimum atomic E-state index is -0.373. The predicted molar refractivity (Wildman–Crippen MR) is 68.3 cm³/mol. The molecule has 0 heterocycles. The molecule has 0 bridgehead atoms. The molecule has 0 radical (unpaired) electrons. The van der Waals surface area contributed by atoms with E-state index >= 15 is 0 Å². The van der Waals surface area contributed by atoms with E-state index in [1.165, 1.54) is 12.1 Å². The van der Waals surface area contributed by atoms with Gasteiger partial charge in [0.05, 0.1) is 5.69 Å². The van der Waals surface area contributed by atoms with E-state index in [0.29, 0.717) is 16.9 Å². The first kappa shape index (κ1) is 11.9. The van der Waals surface area contributed by atoms with Gasteiger partial charge >= 0.3 is 0 Å². The average Bonchev–Trinajstić information content (AvgIpc) is 2.37. The van der Waals surface area contributed by atoms with Crippen molar-refractivity contribution in [2.75, 3.05) is 11.2 Å². The van der Waals surface area contributed by atoms with Crippen LogP contribution in [0.4, 0.5) is 15.8 Å². The van der Waals surface area contributed by atoms with Crippen LogP contribution in [0.1, 0.15) is 10.4 Å². The molecule has 0 atom stereocenters. The fourth-order valence-electron chi connectivity index (χ4n) is 1.40. The van der Waals surface area contributed by atoms with E-state index in [-0.39, 0.29) is 11.7 Å². The smallest absolute Gasteiger partial charge is 0.269 e. The molecular weight excluding hydrogens is 233 g/mol. The molecule has 0 aliphatic carbocycles. The van der Waals surface area contributed by atoms with E-state index in [1.54, 1.807) is 36.4 Å². The third-order valence-electron chi connectivity index (χ3n) is 2.32. The van der Waals surface area contributed by atoms with Crippen LogP contribution in [-0.2, 0) is 0 Å². The minimum Gasteiger partial charge on any atom is -0.399 e. The molecule has 0 saturated heterocycles. The highest BCUT2D eigenvalue weighted by Crippen LogP contribution is 2.08. The van der Waals surface area contributed by atoms with Gasteiger partial charge in [-0.3, -0.25) is 15.6 Å². The molecular formula is C13H12FN3O. The summed E-state index contributed by atoms with van der Waals surface area (Å²) in [5.41, 5.74) is 12.1. The summed E-state index contributed by atoms with van der Waals surface area (Å²) in [4.78, 5) is 11.7. The van der Waals surface area contributed by atoms with Gasteiger partial charge in [0.25, 0.3) is 5.91 Å². The molecule has 0 fully saturated rings. The average molecular weight is 245 g/mol. The summed E-state index contributed by atoms with van der Waals surface area (Å²) in [5.74, 6) is -0.694. The van der Waals surface area contributed by atoms with Crippen LogP contribution in [-0.4, -0.2) is 5.91 Å². The lowest BCUT2D eigenvalue weighted by atomic mass is 10.2. The zero-order valence-corrected chi connectivity index (χ0v) is 9.48. The Hall–Kier alpha value is -2.56. The van der Waals surface area contributed by atoms with Crippen molar-refractivity contribution >= 4 is 17.3 Å². The number of nitrogens with two attached hydrogens (primary N) is 1. The Morgan fingerprint density at radius 1 is 1.11 bits per heavy atom. The van der Waals surface area contributed by atoms with E-state index in [2.05, 4.69) is 10.9 Å². The van der Waals surface area contributed by atoms with Gasteiger partial charge in [0.15, 0.2) is 0 Å². The Kier molecular flexibility index (Phi) is 3.43. The van der Waals surface area contributed by atoms with Crippen LogP contribution in [0, 0.1) is 5.82 Å². The van der Waals surface area contributed by atoms with Gasteiger partial charge in [0, 0.05) is 11.3 Å². The zero-order valence-electron chi connectivity index (χ0n) is 9.48. The van der Waals surface area contributed by atoms with Gasteiger partial charge in [0.1, 0.15) is 5.82 Å². The van der Waals surface area contributed by atoms with Gasteiger partial charge < -0.3 is 5.73 Å². The minimum absolute atomic E-state index is 0.320. The van der Waals surface area contributed by atoms with Gasteiger partial charge in [-0.05, 0) is 42.5 Å². The van der Waals surface area contributed by atoms with Crippen molar-refractivity contribution in [3.63, 3.8) is 0 Å². The first-order valence-corrected chi connectivity index (χ1v) is 5.32. The van der Waals surface area contributed by atoms with Crippen LogP contribution in [0.15, 0.2) is 48.5 Å². The lowest BCUT2D eigenvalue weighted by Gasteiger charge is -2.08. The van der Waals surface area contributed by atoms with Gasteiger partial charge in [-0.25, -0.2) is 4.39 Å². The second-order valence-corrected chi connectivity index (χ2v) is 3.71. The van der Waals surface area contributed by atoms with E-state index in [9.17, 15) is 9.18 Å². The van der Waals surface area contributed by atoms with Crippen molar-refractivity contribution in [1.29, 1.82) is 0 Å². The molecule has 5 heteroatoms. The molecule has 4 nitrogen and oxygen atoms in total. The van der Waals surface area contributed by atoms with Gasteiger partial charge in [-0.15, -0.1) is 0 Å². The first-order chi connectivity index (χ1) is 8.65. The summed E-state index contributed by atoms with van der Waals surface area (Å²) in [6.45, 7) is 0. The number of benzene rings is 2. The van der Waals surface area contributed by atoms with Crippen molar-refractivity contribution in [3.8, 4) is 0 Å². The third kappa shape index (κ3) is 2.98. The predicted octanol–water partition coefficient (Wildman–Crippen LogP) is 2.16. The maximum Gasteiger partial charge on any atom is 0.269 e. The molecule has 0 saturated carbocycles. The molecule has 0 unspecified atom stereocenters. The number of hydrogen-bond acceptors (Lipinski definition) is 3. The summed E-state index contributed by atoms with van der Waals surface area (Å²) < 4.78 is 12.9. The molecule has 2 aromatic carbocycles. The third-order valence-corrected chi connectivity index (χ3v) is 2.32. The molecule has 0 aromatic heterocycles. The van der Waals surface area contributed by atoms with Crippen molar-refractivity contribution in [1.82, 2.24) is 5.43 Å². The number of anilines is 2. The number of halogens is 1. The number of amides is 1. The molecule has 2 aromatic rings. The second kappa shape index (κ2) is 5.18. The highest BCUT2D eigenvalue weighted by molar-refractivity contribution is 5.95. The van der Waals surface area contributed by atoms with Crippen LogP contribution >= 0.6 is 0 Å². The van der Waals surface area contributed by atoms with Crippen molar-refractivity contribution < 1.29 is 9.18 Å². The monoisotopic (exact) mass is 245 g/mol. The number of nitrogens with one attached hydrogen (secondary N) is 2. The number of hydrazine groups is 1. The summed E-state index contributed by atoms with van der Waals surface area (Å²) in [7, 11) is 0. The first-order valence-electron chi connectivity index (χ1n) is 5.32. The summed E-state index contributed by atoms with van der Waals surface area (Å²) >= 11 is 0. The highest BCUT2D eigenvalue weighted by atomic mass is 19.1. The summed E-state index contributed by atoms with van der Waals surface area (Å²) in [6.07, 6.45) is 0. The Labute approximate surface area is 104 Å². The molecule has 92 valence electrons. The molecule has 1 amide bonds. The second-order valence-electron chi connectivity index (χ2n) is 3.71.